The van der Waals surface area contributed by atoms with Crippen LogP contribution in [0.2, 0.25) is 0 Å². The van der Waals surface area contributed by atoms with Gasteiger partial charge in [0.05, 0.1) is 6.54 Å². The molecule has 5 heteroatoms. The molecule has 1 atom stereocenters. The van der Waals surface area contributed by atoms with E-state index in [1.165, 1.54) is 4.90 Å². The SMILES string of the molecule is CCN(CC(CS)C(C)C)CC(F)(F)F. The number of alkyl halides is 3. The lowest BCUT2D eigenvalue weighted by atomic mass is 9.97. The largest absolute Gasteiger partial charge is 0.401 e. The molecule has 0 rings (SSSR count). The predicted molar refractivity (Wildman–Crippen MR) is 60.4 cm³/mol. The van der Waals surface area contributed by atoms with E-state index in [1.807, 2.05) is 13.8 Å². The number of hydrogen-bond donors (Lipinski definition) is 1. The minimum atomic E-state index is -4.10. The Bertz CT molecular complexity index is 171. The molecule has 0 aliphatic rings. The average Bonchev–Trinajstić information content (AvgIpc) is 2.09. The number of halogens is 3. The van der Waals surface area contributed by atoms with Crippen LogP contribution in [0, 0.1) is 11.8 Å². The van der Waals surface area contributed by atoms with Crippen LogP contribution in [0.3, 0.4) is 0 Å². The highest BCUT2D eigenvalue weighted by Gasteiger charge is 2.31. The van der Waals surface area contributed by atoms with E-state index in [0.717, 1.165) is 0 Å². The average molecular weight is 243 g/mol. The second kappa shape index (κ2) is 6.63. The van der Waals surface area contributed by atoms with Crippen LogP contribution in [0.1, 0.15) is 20.8 Å². The zero-order chi connectivity index (χ0) is 12.1. The highest BCUT2D eigenvalue weighted by molar-refractivity contribution is 7.80. The Morgan fingerprint density at radius 2 is 1.80 bits per heavy atom. The first kappa shape index (κ1) is 15.1. The maximum atomic E-state index is 12.2. The van der Waals surface area contributed by atoms with Crippen molar-refractivity contribution < 1.29 is 13.2 Å². The van der Waals surface area contributed by atoms with Gasteiger partial charge >= 0.3 is 6.18 Å². The summed E-state index contributed by atoms with van der Waals surface area (Å²) >= 11 is 4.17. The molecule has 0 N–H and O–H groups in total. The molecule has 0 aromatic heterocycles. The van der Waals surface area contributed by atoms with E-state index in [2.05, 4.69) is 12.6 Å². The fraction of sp³-hybridized carbons (Fsp3) is 1.00. The Kier molecular flexibility index (Phi) is 6.68. The highest BCUT2D eigenvalue weighted by Crippen LogP contribution is 2.19. The second-order valence-corrected chi connectivity index (χ2v) is 4.49. The van der Waals surface area contributed by atoms with Gasteiger partial charge in [0.2, 0.25) is 0 Å². The molecule has 15 heavy (non-hydrogen) atoms. The number of thiol groups is 1. The summed E-state index contributed by atoms with van der Waals surface area (Å²) in [7, 11) is 0. The van der Waals surface area contributed by atoms with E-state index in [0.29, 0.717) is 24.8 Å². The van der Waals surface area contributed by atoms with Crippen LogP contribution < -0.4 is 0 Å². The predicted octanol–water partition coefficient (Wildman–Crippen LogP) is 3.07. The Hall–Kier alpha value is 0.100. The Balaban J connectivity index is 4.19. The van der Waals surface area contributed by atoms with E-state index >= 15 is 0 Å². The minimum absolute atomic E-state index is 0.218. The van der Waals surface area contributed by atoms with Crippen LogP contribution in [0.5, 0.6) is 0 Å². The van der Waals surface area contributed by atoms with Gasteiger partial charge in [0.15, 0.2) is 0 Å². The van der Waals surface area contributed by atoms with Crippen molar-refractivity contribution in [3.63, 3.8) is 0 Å². The standard InChI is InChI=1S/C10H20F3NS/c1-4-14(7-10(11,12)13)5-9(6-15)8(2)3/h8-9,15H,4-7H2,1-3H3. The number of hydrogen-bond acceptors (Lipinski definition) is 2. The van der Waals surface area contributed by atoms with Crippen molar-refractivity contribution in [2.75, 3.05) is 25.4 Å². The lowest BCUT2D eigenvalue weighted by molar-refractivity contribution is -0.146. The molecule has 0 spiro atoms. The summed E-state index contributed by atoms with van der Waals surface area (Å²) in [5.41, 5.74) is 0. The van der Waals surface area contributed by atoms with Gasteiger partial charge in [-0.1, -0.05) is 20.8 Å². The molecule has 1 nitrogen and oxygen atoms in total. The maximum absolute atomic E-state index is 12.2. The van der Waals surface area contributed by atoms with Crippen LogP contribution in [0.15, 0.2) is 0 Å². The summed E-state index contributed by atoms with van der Waals surface area (Å²) in [5.74, 6) is 1.21. The minimum Gasteiger partial charge on any atom is -0.295 e. The van der Waals surface area contributed by atoms with E-state index in [1.54, 1.807) is 6.92 Å². The molecule has 0 radical (unpaired) electrons. The van der Waals surface area contributed by atoms with Crippen molar-refractivity contribution >= 4 is 12.6 Å². The Morgan fingerprint density at radius 1 is 1.27 bits per heavy atom. The zero-order valence-corrected chi connectivity index (χ0v) is 10.4. The molecule has 0 fully saturated rings. The summed E-state index contributed by atoms with van der Waals surface area (Å²) in [6.07, 6.45) is -4.10. The van der Waals surface area contributed by atoms with Crippen LogP contribution in [0.25, 0.3) is 0 Å². The van der Waals surface area contributed by atoms with Crippen molar-refractivity contribution in [2.24, 2.45) is 11.8 Å². The van der Waals surface area contributed by atoms with Gasteiger partial charge in [-0.15, -0.1) is 0 Å². The monoisotopic (exact) mass is 243 g/mol. The van der Waals surface area contributed by atoms with Gasteiger partial charge in [-0.2, -0.15) is 25.8 Å². The topological polar surface area (TPSA) is 3.24 Å². The molecular weight excluding hydrogens is 223 g/mol. The van der Waals surface area contributed by atoms with Crippen molar-refractivity contribution in [1.29, 1.82) is 0 Å². The molecule has 0 amide bonds. The van der Waals surface area contributed by atoms with Crippen LogP contribution in [-0.2, 0) is 0 Å². The lowest BCUT2D eigenvalue weighted by Gasteiger charge is -2.28. The third-order valence-corrected chi connectivity index (χ3v) is 2.99. The first-order chi connectivity index (χ1) is 6.80. The summed E-state index contributed by atoms with van der Waals surface area (Å²) in [6.45, 7) is 5.86. The summed E-state index contributed by atoms with van der Waals surface area (Å²) in [5, 5.41) is 0. The molecular formula is C10H20F3NS. The third-order valence-electron chi connectivity index (χ3n) is 2.52. The lowest BCUT2D eigenvalue weighted by Crippen LogP contribution is -2.39. The molecule has 1 unspecified atom stereocenters. The molecule has 0 saturated carbocycles. The molecule has 0 aliphatic carbocycles. The van der Waals surface area contributed by atoms with Gasteiger partial charge in [-0.05, 0) is 24.1 Å². The van der Waals surface area contributed by atoms with Gasteiger partial charge in [0.25, 0.3) is 0 Å². The van der Waals surface area contributed by atoms with Gasteiger partial charge in [-0.25, -0.2) is 0 Å². The Morgan fingerprint density at radius 3 is 2.07 bits per heavy atom. The van der Waals surface area contributed by atoms with Crippen molar-refractivity contribution in [3.8, 4) is 0 Å². The molecule has 0 aromatic carbocycles. The molecule has 0 saturated heterocycles. The van der Waals surface area contributed by atoms with E-state index in [4.69, 9.17) is 0 Å². The zero-order valence-electron chi connectivity index (χ0n) is 9.51. The summed E-state index contributed by atoms with van der Waals surface area (Å²) < 4.78 is 36.6. The normalized spacial score (nSPS) is 15.0. The van der Waals surface area contributed by atoms with Crippen molar-refractivity contribution in [3.05, 3.63) is 0 Å². The Labute approximate surface area is 95.4 Å². The second-order valence-electron chi connectivity index (χ2n) is 4.13. The molecule has 0 bridgehead atoms. The number of rotatable bonds is 6. The van der Waals surface area contributed by atoms with Gasteiger partial charge in [0.1, 0.15) is 0 Å². The van der Waals surface area contributed by atoms with Crippen molar-refractivity contribution in [2.45, 2.75) is 26.9 Å². The summed E-state index contributed by atoms with van der Waals surface area (Å²) in [6, 6.07) is 0. The first-order valence-electron chi connectivity index (χ1n) is 5.20. The maximum Gasteiger partial charge on any atom is 0.401 e. The van der Waals surface area contributed by atoms with E-state index in [-0.39, 0.29) is 5.92 Å². The highest BCUT2D eigenvalue weighted by atomic mass is 32.1. The van der Waals surface area contributed by atoms with Crippen LogP contribution >= 0.6 is 12.6 Å². The third kappa shape index (κ3) is 7.06. The molecule has 0 heterocycles. The van der Waals surface area contributed by atoms with Crippen LogP contribution in [-0.4, -0.2) is 36.5 Å². The summed E-state index contributed by atoms with van der Waals surface area (Å²) in [4.78, 5) is 1.43. The van der Waals surface area contributed by atoms with Gasteiger partial charge in [0, 0.05) is 6.54 Å². The van der Waals surface area contributed by atoms with Crippen LogP contribution in [0.4, 0.5) is 13.2 Å². The molecule has 0 aromatic rings. The fourth-order valence-corrected chi connectivity index (χ4v) is 1.91. The smallest absolute Gasteiger partial charge is 0.295 e. The number of nitrogens with zero attached hydrogens (tertiary/aromatic N) is 1. The van der Waals surface area contributed by atoms with E-state index in [9.17, 15) is 13.2 Å². The first-order valence-corrected chi connectivity index (χ1v) is 5.83. The molecule has 92 valence electrons. The fourth-order valence-electron chi connectivity index (χ4n) is 1.37. The van der Waals surface area contributed by atoms with Gasteiger partial charge < -0.3 is 0 Å². The molecule has 0 aliphatic heterocycles. The quantitative estimate of drug-likeness (QED) is 0.702. The van der Waals surface area contributed by atoms with E-state index < -0.39 is 12.7 Å². The van der Waals surface area contributed by atoms with Gasteiger partial charge in [-0.3, -0.25) is 4.90 Å². The van der Waals surface area contributed by atoms with Crippen molar-refractivity contribution in [1.82, 2.24) is 4.90 Å².